The van der Waals surface area contributed by atoms with Crippen molar-refractivity contribution >= 4 is 46.8 Å². The zero-order chi connectivity index (χ0) is 23.7. The Kier molecular flexibility index (Phi) is 10.9. The van der Waals surface area contributed by atoms with Crippen molar-refractivity contribution in [3.05, 3.63) is 69.2 Å². The number of benzene rings is 2. The fraction of sp³-hybridized carbons (Fsp3) is 0.440. The van der Waals surface area contributed by atoms with Gasteiger partial charge >= 0.3 is 0 Å². The van der Waals surface area contributed by atoms with Crippen LogP contribution in [0.1, 0.15) is 43.9 Å². The maximum atomic E-state index is 13.3. The largest absolute Gasteiger partial charge is 0.354 e. The maximum absolute atomic E-state index is 13.3. The minimum atomic E-state index is -0.522. The number of thioether (sulfide) groups is 1. The highest BCUT2D eigenvalue weighted by atomic mass is 35.5. The van der Waals surface area contributed by atoms with Gasteiger partial charge in [-0.05, 0) is 42.5 Å². The second-order valence-electron chi connectivity index (χ2n) is 8.27. The third-order valence-corrected chi connectivity index (χ3v) is 6.69. The van der Waals surface area contributed by atoms with Crippen molar-refractivity contribution in [2.24, 2.45) is 5.92 Å². The van der Waals surface area contributed by atoms with Gasteiger partial charge in [-0.3, -0.25) is 9.59 Å². The lowest BCUT2D eigenvalue weighted by Crippen LogP contribution is -2.50. The third-order valence-electron chi connectivity index (χ3n) is 5.04. The Balaban J connectivity index is 2.16. The summed E-state index contributed by atoms with van der Waals surface area (Å²) in [6.07, 6.45) is 0.544. The van der Waals surface area contributed by atoms with Crippen LogP contribution in [-0.2, 0) is 21.9 Å². The summed E-state index contributed by atoms with van der Waals surface area (Å²) >= 11 is 14.0. The lowest BCUT2D eigenvalue weighted by atomic mass is 10.1. The average Bonchev–Trinajstić information content (AvgIpc) is 2.74. The van der Waals surface area contributed by atoms with Crippen LogP contribution in [0.2, 0.25) is 10.0 Å². The van der Waals surface area contributed by atoms with E-state index in [2.05, 4.69) is 11.4 Å². The van der Waals surface area contributed by atoms with E-state index in [0.29, 0.717) is 41.2 Å². The fourth-order valence-electron chi connectivity index (χ4n) is 3.34. The Morgan fingerprint density at radius 1 is 1.09 bits per heavy atom. The van der Waals surface area contributed by atoms with Crippen LogP contribution in [0.15, 0.2) is 42.5 Å². The van der Waals surface area contributed by atoms with E-state index < -0.39 is 6.04 Å². The van der Waals surface area contributed by atoms with Gasteiger partial charge in [-0.2, -0.15) is 0 Å². The van der Waals surface area contributed by atoms with E-state index in [0.717, 1.165) is 16.7 Å². The van der Waals surface area contributed by atoms with Crippen LogP contribution in [0, 0.1) is 12.8 Å². The van der Waals surface area contributed by atoms with Crippen molar-refractivity contribution < 1.29 is 9.59 Å². The van der Waals surface area contributed by atoms with Crippen LogP contribution in [0.4, 0.5) is 0 Å². The monoisotopic (exact) mass is 494 g/mol. The molecule has 0 radical (unpaired) electrons. The van der Waals surface area contributed by atoms with Crippen LogP contribution >= 0.6 is 35.0 Å². The standard InChI is InChI=1S/C25H32Cl2N2O2S/c1-5-23(25(31)28-13-17(2)3)29(14-19-9-6-8-18(4)12-19)24(30)16-32-15-20-21(26)10-7-11-22(20)27/h6-12,17,23H,5,13-16H2,1-4H3,(H,28,31). The second-order valence-corrected chi connectivity index (χ2v) is 10.1. The maximum Gasteiger partial charge on any atom is 0.242 e. The average molecular weight is 496 g/mol. The lowest BCUT2D eigenvalue weighted by molar-refractivity contribution is -0.139. The molecule has 174 valence electrons. The molecule has 1 N–H and O–H groups in total. The van der Waals surface area contributed by atoms with Crippen LogP contribution in [0.5, 0.6) is 0 Å². The molecule has 2 rings (SSSR count). The summed E-state index contributed by atoms with van der Waals surface area (Å²) in [5.41, 5.74) is 2.95. The summed E-state index contributed by atoms with van der Waals surface area (Å²) in [6, 6.07) is 12.9. The second kappa shape index (κ2) is 13.1. The molecular formula is C25H32Cl2N2O2S. The fourth-order valence-corrected chi connectivity index (χ4v) is 4.99. The summed E-state index contributed by atoms with van der Waals surface area (Å²) in [5.74, 6) is 0.918. The molecule has 2 aromatic rings. The van der Waals surface area contributed by atoms with Gasteiger partial charge in [0.15, 0.2) is 0 Å². The minimum Gasteiger partial charge on any atom is -0.354 e. The van der Waals surface area contributed by atoms with Crippen molar-refractivity contribution in [1.29, 1.82) is 0 Å². The summed E-state index contributed by atoms with van der Waals surface area (Å²) in [4.78, 5) is 27.9. The van der Waals surface area contributed by atoms with Crippen LogP contribution in [0.25, 0.3) is 0 Å². The quantitative estimate of drug-likeness (QED) is 0.409. The van der Waals surface area contributed by atoms with Gasteiger partial charge in [-0.25, -0.2) is 0 Å². The number of hydrogen-bond donors (Lipinski definition) is 1. The predicted octanol–water partition coefficient (Wildman–Crippen LogP) is 6.11. The summed E-state index contributed by atoms with van der Waals surface area (Å²) in [5, 5.41) is 4.17. The number of nitrogens with one attached hydrogen (secondary N) is 1. The first kappa shape index (κ1) is 26.6. The van der Waals surface area contributed by atoms with E-state index in [1.807, 2.05) is 45.9 Å². The van der Waals surface area contributed by atoms with E-state index in [-0.39, 0.29) is 17.6 Å². The molecule has 0 aliphatic rings. The smallest absolute Gasteiger partial charge is 0.242 e. The van der Waals surface area contributed by atoms with Crippen molar-refractivity contribution in [2.45, 2.75) is 52.5 Å². The van der Waals surface area contributed by atoms with E-state index in [4.69, 9.17) is 23.2 Å². The minimum absolute atomic E-state index is 0.0776. The molecule has 1 unspecified atom stereocenters. The number of halogens is 2. The molecule has 4 nitrogen and oxygen atoms in total. The molecule has 0 saturated carbocycles. The highest BCUT2D eigenvalue weighted by molar-refractivity contribution is 7.99. The molecule has 0 aromatic heterocycles. The number of nitrogens with zero attached hydrogens (tertiary/aromatic N) is 1. The summed E-state index contributed by atoms with van der Waals surface area (Å²) in [6.45, 7) is 9.03. The first-order chi connectivity index (χ1) is 15.2. The number of carbonyl (C=O) groups is 2. The zero-order valence-corrected chi connectivity index (χ0v) is 21.5. The van der Waals surface area contributed by atoms with Gasteiger partial charge < -0.3 is 10.2 Å². The highest BCUT2D eigenvalue weighted by Crippen LogP contribution is 2.28. The molecule has 0 saturated heterocycles. The Morgan fingerprint density at radius 3 is 2.34 bits per heavy atom. The van der Waals surface area contributed by atoms with Crippen molar-refractivity contribution in [1.82, 2.24) is 10.2 Å². The molecule has 7 heteroatoms. The van der Waals surface area contributed by atoms with Crippen LogP contribution < -0.4 is 5.32 Å². The first-order valence-electron chi connectivity index (χ1n) is 10.9. The van der Waals surface area contributed by atoms with Crippen molar-refractivity contribution in [3.8, 4) is 0 Å². The van der Waals surface area contributed by atoms with Gasteiger partial charge in [-0.15, -0.1) is 11.8 Å². The molecule has 32 heavy (non-hydrogen) atoms. The van der Waals surface area contributed by atoms with Gasteiger partial charge in [0.2, 0.25) is 11.8 Å². The molecular weight excluding hydrogens is 463 g/mol. The number of carbonyl (C=O) groups excluding carboxylic acids is 2. The number of aryl methyl sites for hydroxylation is 1. The zero-order valence-electron chi connectivity index (χ0n) is 19.2. The molecule has 0 aliphatic carbocycles. The SMILES string of the molecule is CCC(C(=O)NCC(C)C)N(Cc1cccc(C)c1)C(=O)CSCc1c(Cl)cccc1Cl. The van der Waals surface area contributed by atoms with Gasteiger partial charge in [0.1, 0.15) is 6.04 Å². The van der Waals surface area contributed by atoms with E-state index in [1.54, 1.807) is 23.1 Å². The predicted molar refractivity (Wildman–Crippen MR) is 136 cm³/mol. The first-order valence-corrected chi connectivity index (χ1v) is 12.8. The lowest BCUT2D eigenvalue weighted by Gasteiger charge is -2.31. The van der Waals surface area contributed by atoms with Crippen LogP contribution in [0.3, 0.4) is 0 Å². The Hall–Kier alpha value is -1.69. The molecule has 1 atom stereocenters. The molecule has 2 amide bonds. The number of hydrogen-bond acceptors (Lipinski definition) is 3. The number of amides is 2. The molecule has 0 heterocycles. The Morgan fingerprint density at radius 2 is 1.75 bits per heavy atom. The van der Waals surface area contributed by atoms with Crippen molar-refractivity contribution in [3.63, 3.8) is 0 Å². The van der Waals surface area contributed by atoms with Gasteiger partial charge in [0, 0.05) is 28.9 Å². The van der Waals surface area contributed by atoms with Gasteiger partial charge in [0.05, 0.1) is 5.75 Å². The van der Waals surface area contributed by atoms with E-state index in [1.165, 1.54) is 11.8 Å². The van der Waals surface area contributed by atoms with Gasteiger partial charge in [-0.1, -0.05) is 79.9 Å². The Bertz CT molecular complexity index is 900. The molecule has 0 aliphatic heterocycles. The topological polar surface area (TPSA) is 49.4 Å². The highest BCUT2D eigenvalue weighted by Gasteiger charge is 2.28. The normalized spacial score (nSPS) is 12.0. The van der Waals surface area contributed by atoms with Crippen LogP contribution in [-0.4, -0.2) is 35.1 Å². The Labute approximate surface area is 206 Å². The van der Waals surface area contributed by atoms with E-state index in [9.17, 15) is 9.59 Å². The summed E-state index contributed by atoms with van der Waals surface area (Å²) in [7, 11) is 0. The molecule has 0 spiro atoms. The van der Waals surface area contributed by atoms with Gasteiger partial charge in [0.25, 0.3) is 0 Å². The summed E-state index contributed by atoms with van der Waals surface area (Å²) < 4.78 is 0. The molecule has 0 fully saturated rings. The van der Waals surface area contributed by atoms with Crippen molar-refractivity contribution in [2.75, 3.05) is 12.3 Å². The molecule has 0 bridgehead atoms. The third kappa shape index (κ3) is 8.02. The number of rotatable bonds is 11. The molecule has 2 aromatic carbocycles. The van der Waals surface area contributed by atoms with E-state index >= 15 is 0 Å².